The monoisotopic (exact) mass is 274 g/mol. The molecule has 0 aliphatic rings. The first kappa shape index (κ1) is 14.1. The van der Waals surface area contributed by atoms with Crippen LogP contribution in [0.1, 0.15) is 42.5 Å². The van der Waals surface area contributed by atoms with E-state index in [2.05, 4.69) is 9.97 Å². The van der Waals surface area contributed by atoms with Gasteiger partial charge in [-0.3, -0.25) is 4.79 Å². The van der Waals surface area contributed by atoms with Crippen LogP contribution >= 0.6 is 0 Å². The summed E-state index contributed by atoms with van der Waals surface area (Å²) in [6, 6.07) is 6.79. The van der Waals surface area contributed by atoms with Crippen molar-refractivity contribution in [2.75, 3.05) is 7.11 Å². The third-order valence-electron chi connectivity index (χ3n) is 3.06. The molecular weight excluding hydrogens is 256 g/mol. The second-order valence-corrected chi connectivity index (χ2v) is 5.64. The second-order valence-electron chi connectivity index (χ2n) is 5.64. The number of aromatic nitrogens is 2. The van der Waals surface area contributed by atoms with E-state index in [0.29, 0.717) is 22.7 Å². The minimum atomic E-state index is -0.369. The van der Waals surface area contributed by atoms with E-state index >= 15 is 0 Å². The van der Waals surface area contributed by atoms with Crippen molar-refractivity contribution in [3.63, 3.8) is 0 Å². The maximum Gasteiger partial charge on any atom is 0.323 e. The van der Waals surface area contributed by atoms with E-state index < -0.39 is 0 Å². The summed E-state index contributed by atoms with van der Waals surface area (Å²) in [6.07, 6.45) is 0. The van der Waals surface area contributed by atoms with Crippen molar-refractivity contribution >= 4 is 5.78 Å². The lowest BCUT2D eigenvalue weighted by atomic mass is 9.89. The minimum absolute atomic E-state index is 0.212. The van der Waals surface area contributed by atoms with Crippen LogP contribution in [0.2, 0.25) is 0 Å². The third kappa shape index (κ3) is 2.66. The minimum Gasteiger partial charge on any atom is -0.497 e. The van der Waals surface area contributed by atoms with E-state index in [1.807, 2.05) is 20.8 Å². The van der Waals surface area contributed by atoms with Gasteiger partial charge in [0, 0.05) is 11.0 Å². The molecule has 20 heavy (non-hydrogen) atoms. The lowest BCUT2D eigenvalue weighted by Crippen LogP contribution is -2.17. The molecule has 2 aromatic rings. The van der Waals surface area contributed by atoms with E-state index in [1.54, 1.807) is 31.4 Å². The average Bonchev–Trinajstić information content (AvgIpc) is 2.80. The average molecular weight is 274 g/mol. The van der Waals surface area contributed by atoms with Gasteiger partial charge in [-0.15, -0.1) is 0 Å². The number of nitrogens with one attached hydrogen (secondary N) is 2. The first-order valence-electron chi connectivity index (χ1n) is 6.34. The summed E-state index contributed by atoms with van der Waals surface area (Å²) in [5.74, 6) is 0.469. The molecule has 0 bridgehead atoms. The summed E-state index contributed by atoms with van der Waals surface area (Å²) in [6.45, 7) is 5.82. The van der Waals surface area contributed by atoms with Gasteiger partial charge < -0.3 is 14.7 Å². The zero-order chi connectivity index (χ0) is 14.9. The number of carbonyl (C=O) groups excluding carboxylic acids is 1. The molecule has 106 valence electrons. The number of methoxy groups -OCH3 is 1. The molecule has 0 aliphatic carbocycles. The first-order chi connectivity index (χ1) is 9.32. The zero-order valence-corrected chi connectivity index (χ0v) is 12.0. The van der Waals surface area contributed by atoms with Crippen molar-refractivity contribution in [1.29, 1.82) is 0 Å². The standard InChI is InChI=1S/C15H18N2O3/c1-15(2,3)13-11(16-14(19)17-13)12(18)9-5-7-10(20-4)8-6-9/h5-8H,1-4H3,(H2,16,17,19). The Balaban J connectivity index is 2.45. The molecule has 1 aromatic heterocycles. The number of benzene rings is 1. The molecular formula is C15H18N2O3. The highest BCUT2D eigenvalue weighted by Crippen LogP contribution is 2.24. The Kier molecular flexibility index (Phi) is 3.53. The van der Waals surface area contributed by atoms with Crippen LogP contribution in [0.15, 0.2) is 29.1 Å². The van der Waals surface area contributed by atoms with E-state index in [1.165, 1.54) is 0 Å². The Hall–Kier alpha value is -2.30. The van der Waals surface area contributed by atoms with Crippen molar-refractivity contribution in [1.82, 2.24) is 9.97 Å². The van der Waals surface area contributed by atoms with E-state index in [0.717, 1.165) is 0 Å². The summed E-state index contributed by atoms with van der Waals surface area (Å²) in [7, 11) is 1.57. The molecule has 1 heterocycles. The molecule has 0 aliphatic heterocycles. The van der Waals surface area contributed by atoms with Gasteiger partial charge in [0.2, 0.25) is 5.78 Å². The van der Waals surface area contributed by atoms with Crippen LogP contribution in [-0.2, 0) is 5.41 Å². The predicted octanol–water partition coefficient (Wildman–Crippen LogP) is 2.24. The lowest BCUT2D eigenvalue weighted by Gasteiger charge is -2.17. The fourth-order valence-electron chi connectivity index (χ4n) is 2.00. The Morgan fingerprint density at radius 2 is 1.70 bits per heavy atom. The van der Waals surface area contributed by atoms with Crippen LogP contribution in [-0.4, -0.2) is 22.9 Å². The number of rotatable bonds is 3. The number of aromatic amines is 2. The number of hydrogen-bond acceptors (Lipinski definition) is 3. The Labute approximate surface area is 117 Å². The molecule has 5 heteroatoms. The number of imidazole rings is 1. The van der Waals surface area contributed by atoms with Crippen LogP contribution in [0, 0.1) is 0 Å². The van der Waals surface area contributed by atoms with Gasteiger partial charge in [-0.05, 0) is 24.3 Å². The lowest BCUT2D eigenvalue weighted by molar-refractivity contribution is 0.103. The molecule has 2 rings (SSSR count). The summed E-state index contributed by atoms with van der Waals surface area (Å²) < 4.78 is 5.06. The normalized spacial score (nSPS) is 11.4. The van der Waals surface area contributed by atoms with Gasteiger partial charge in [0.25, 0.3) is 0 Å². The molecule has 2 N–H and O–H groups in total. The second kappa shape index (κ2) is 5.00. The molecule has 0 unspecified atom stereocenters. The van der Waals surface area contributed by atoms with Crippen LogP contribution in [0.25, 0.3) is 0 Å². The quantitative estimate of drug-likeness (QED) is 0.843. The summed E-state index contributed by atoms with van der Waals surface area (Å²) >= 11 is 0. The highest BCUT2D eigenvalue weighted by Gasteiger charge is 2.25. The Bertz CT molecular complexity index is 672. The SMILES string of the molecule is COc1ccc(C(=O)c2[nH]c(=O)[nH]c2C(C)(C)C)cc1. The number of H-pyrrole nitrogens is 2. The van der Waals surface area contributed by atoms with Gasteiger partial charge in [-0.2, -0.15) is 0 Å². The highest BCUT2D eigenvalue weighted by molar-refractivity contribution is 6.08. The molecule has 0 spiro atoms. The molecule has 5 nitrogen and oxygen atoms in total. The number of ether oxygens (including phenoxy) is 1. The number of hydrogen-bond donors (Lipinski definition) is 2. The molecule has 1 aromatic carbocycles. The molecule has 0 amide bonds. The summed E-state index contributed by atoms with van der Waals surface area (Å²) in [5, 5.41) is 0. The first-order valence-corrected chi connectivity index (χ1v) is 6.34. The Morgan fingerprint density at radius 3 is 2.20 bits per heavy atom. The van der Waals surface area contributed by atoms with Crippen molar-refractivity contribution in [2.24, 2.45) is 0 Å². The van der Waals surface area contributed by atoms with Gasteiger partial charge in [-0.1, -0.05) is 20.8 Å². The summed E-state index contributed by atoms with van der Waals surface area (Å²) in [4.78, 5) is 29.3. The smallest absolute Gasteiger partial charge is 0.323 e. The van der Waals surface area contributed by atoms with E-state index in [9.17, 15) is 9.59 Å². The molecule has 0 atom stereocenters. The van der Waals surface area contributed by atoms with Crippen molar-refractivity contribution in [2.45, 2.75) is 26.2 Å². The fourth-order valence-corrected chi connectivity index (χ4v) is 2.00. The van der Waals surface area contributed by atoms with Crippen LogP contribution in [0.4, 0.5) is 0 Å². The largest absolute Gasteiger partial charge is 0.497 e. The predicted molar refractivity (Wildman–Crippen MR) is 76.5 cm³/mol. The molecule has 0 saturated heterocycles. The number of ketones is 1. The summed E-state index contributed by atoms with van der Waals surface area (Å²) in [5.41, 5.74) is 0.741. The van der Waals surface area contributed by atoms with Crippen LogP contribution in [0.5, 0.6) is 5.75 Å². The zero-order valence-electron chi connectivity index (χ0n) is 12.0. The molecule has 0 fully saturated rings. The van der Waals surface area contributed by atoms with E-state index in [4.69, 9.17) is 4.74 Å². The van der Waals surface area contributed by atoms with Crippen LogP contribution in [0.3, 0.4) is 0 Å². The van der Waals surface area contributed by atoms with Crippen molar-refractivity contribution in [3.8, 4) is 5.75 Å². The van der Waals surface area contributed by atoms with Gasteiger partial charge in [-0.25, -0.2) is 4.79 Å². The van der Waals surface area contributed by atoms with Gasteiger partial charge >= 0.3 is 5.69 Å². The maximum absolute atomic E-state index is 12.5. The van der Waals surface area contributed by atoms with Gasteiger partial charge in [0.15, 0.2) is 0 Å². The fraction of sp³-hybridized carbons (Fsp3) is 0.333. The third-order valence-corrected chi connectivity index (χ3v) is 3.06. The van der Waals surface area contributed by atoms with Gasteiger partial charge in [0.1, 0.15) is 11.4 Å². The maximum atomic E-state index is 12.5. The van der Waals surface area contributed by atoms with Crippen molar-refractivity contribution < 1.29 is 9.53 Å². The van der Waals surface area contributed by atoms with Crippen LogP contribution < -0.4 is 10.4 Å². The van der Waals surface area contributed by atoms with Gasteiger partial charge in [0.05, 0.1) is 12.8 Å². The topological polar surface area (TPSA) is 75.0 Å². The molecule has 0 radical (unpaired) electrons. The highest BCUT2D eigenvalue weighted by atomic mass is 16.5. The Morgan fingerprint density at radius 1 is 1.10 bits per heavy atom. The number of carbonyl (C=O) groups is 1. The van der Waals surface area contributed by atoms with E-state index in [-0.39, 0.29) is 16.9 Å². The van der Waals surface area contributed by atoms with Crippen molar-refractivity contribution in [3.05, 3.63) is 51.7 Å². The molecule has 0 saturated carbocycles.